The molecule has 0 aromatic heterocycles. The van der Waals surface area contributed by atoms with Crippen LogP contribution in [0.2, 0.25) is 0 Å². The Labute approximate surface area is 158 Å². The van der Waals surface area contributed by atoms with Gasteiger partial charge in [0.25, 0.3) is 0 Å². The molecule has 0 heterocycles. The summed E-state index contributed by atoms with van der Waals surface area (Å²) < 4.78 is 27.5. The highest BCUT2D eigenvalue weighted by Gasteiger charge is 2.83. The molecule has 0 spiro atoms. The lowest BCUT2D eigenvalue weighted by Gasteiger charge is -2.19. The maximum absolute atomic E-state index is 12.9. The number of carbonyl (C=O) groups is 1. The van der Waals surface area contributed by atoms with E-state index < -0.39 is 25.6 Å². The van der Waals surface area contributed by atoms with Crippen molar-refractivity contribution in [3.63, 3.8) is 0 Å². The van der Waals surface area contributed by atoms with Crippen LogP contribution in [-0.2, 0) is 24.8 Å². The third-order valence-electron chi connectivity index (χ3n) is 5.51. The van der Waals surface area contributed by atoms with Gasteiger partial charge in [-0.2, -0.15) is 0 Å². The van der Waals surface area contributed by atoms with Gasteiger partial charge in [0.15, 0.2) is 9.84 Å². The number of esters is 1. The number of ether oxygens (including phenoxy) is 1. The smallest absolute Gasteiger partial charge is 0.320 e. The fourth-order valence-electron chi connectivity index (χ4n) is 4.33. The zero-order chi connectivity index (χ0) is 18.5. The van der Waals surface area contributed by atoms with Crippen molar-refractivity contribution < 1.29 is 17.9 Å². The summed E-state index contributed by atoms with van der Waals surface area (Å²) in [4.78, 5) is 13.1. The van der Waals surface area contributed by atoms with Crippen LogP contribution in [0.5, 0.6) is 0 Å². The number of alkyl halides is 2. The second-order valence-corrected chi connectivity index (χ2v) is 10.4. The van der Waals surface area contributed by atoms with Crippen LogP contribution in [-0.4, -0.2) is 31.6 Å². The van der Waals surface area contributed by atoms with Crippen molar-refractivity contribution in [2.75, 3.05) is 12.9 Å². The van der Waals surface area contributed by atoms with E-state index in [1.54, 1.807) is 19.1 Å². The Hall–Kier alpha value is -0.780. The molecule has 2 aliphatic carbocycles. The van der Waals surface area contributed by atoms with Crippen LogP contribution in [0.15, 0.2) is 29.2 Å². The van der Waals surface area contributed by atoms with Gasteiger partial charge < -0.3 is 4.74 Å². The SMILES string of the molecule is CCOC(=O)C1(c2ccc(S(C)(=O)=O)cc2)C(C2CCCC2)C1(Cl)Cl. The van der Waals surface area contributed by atoms with Crippen molar-refractivity contribution in [1.82, 2.24) is 0 Å². The number of hydrogen-bond acceptors (Lipinski definition) is 4. The molecule has 7 heteroatoms. The van der Waals surface area contributed by atoms with Gasteiger partial charge in [0.1, 0.15) is 9.75 Å². The van der Waals surface area contributed by atoms with Crippen molar-refractivity contribution >= 4 is 39.0 Å². The van der Waals surface area contributed by atoms with E-state index in [-0.39, 0.29) is 23.3 Å². The van der Waals surface area contributed by atoms with Crippen molar-refractivity contribution in [3.8, 4) is 0 Å². The normalized spacial score (nSPS) is 28.7. The first-order valence-corrected chi connectivity index (χ1v) is 11.2. The molecule has 2 atom stereocenters. The summed E-state index contributed by atoms with van der Waals surface area (Å²) in [6.07, 6.45) is 5.35. The van der Waals surface area contributed by atoms with Crippen LogP contribution < -0.4 is 0 Å². The second-order valence-electron chi connectivity index (χ2n) is 6.97. The highest BCUT2D eigenvalue weighted by atomic mass is 35.5. The molecule has 0 N–H and O–H groups in total. The summed E-state index contributed by atoms with van der Waals surface area (Å²) in [5.74, 6) is -0.369. The standard InChI is InChI=1S/C18H22Cl2O4S/c1-3-24-16(21)17(13-8-10-14(11-9-13)25(2,22)23)15(18(17,19)20)12-6-4-5-7-12/h8-12,15H,3-7H2,1-2H3. The van der Waals surface area contributed by atoms with E-state index >= 15 is 0 Å². The minimum absolute atomic E-state index is 0.197. The zero-order valence-electron chi connectivity index (χ0n) is 14.3. The third-order valence-corrected chi connectivity index (χ3v) is 7.70. The van der Waals surface area contributed by atoms with E-state index in [1.807, 2.05) is 0 Å². The molecule has 4 nitrogen and oxygen atoms in total. The van der Waals surface area contributed by atoms with Crippen molar-refractivity contribution in [2.24, 2.45) is 11.8 Å². The van der Waals surface area contributed by atoms with Gasteiger partial charge in [0, 0.05) is 12.2 Å². The zero-order valence-corrected chi connectivity index (χ0v) is 16.6. The largest absolute Gasteiger partial charge is 0.465 e. The predicted octanol–water partition coefficient (Wildman–Crippen LogP) is 3.88. The lowest BCUT2D eigenvalue weighted by molar-refractivity contribution is -0.147. The Balaban J connectivity index is 2.06. The molecular formula is C18H22Cl2O4S. The number of benzene rings is 1. The molecular weight excluding hydrogens is 383 g/mol. The third kappa shape index (κ3) is 2.88. The molecule has 138 valence electrons. The molecule has 1 aromatic rings. The average molecular weight is 405 g/mol. The van der Waals surface area contributed by atoms with Gasteiger partial charge in [-0.3, -0.25) is 4.79 Å². The molecule has 25 heavy (non-hydrogen) atoms. The topological polar surface area (TPSA) is 60.4 Å². The summed E-state index contributed by atoms with van der Waals surface area (Å²) in [5.41, 5.74) is -0.503. The van der Waals surface area contributed by atoms with Gasteiger partial charge in [-0.1, -0.05) is 61.0 Å². The molecule has 0 radical (unpaired) electrons. The van der Waals surface area contributed by atoms with E-state index in [1.165, 1.54) is 12.1 Å². The Bertz CT molecular complexity index is 767. The van der Waals surface area contributed by atoms with Crippen LogP contribution >= 0.6 is 23.2 Å². The van der Waals surface area contributed by atoms with Crippen LogP contribution in [0.3, 0.4) is 0 Å². The first kappa shape index (κ1) is 19.0. The minimum Gasteiger partial charge on any atom is -0.465 e. The van der Waals surface area contributed by atoms with Gasteiger partial charge >= 0.3 is 5.97 Å². The fourth-order valence-corrected chi connectivity index (χ4v) is 6.15. The average Bonchev–Trinajstić information content (AvgIpc) is 2.88. The summed E-state index contributed by atoms with van der Waals surface area (Å²) >= 11 is 13.3. The van der Waals surface area contributed by atoms with Crippen LogP contribution in [0.25, 0.3) is 0 Å². The molecule has 0 saturated heterocycles. The number of rotatable bonds is 5. The van der Waals surface area contributed by atoms with Gasteiger partial charge in [0.2, 0.25) is 0 Å². The van der Waals surface area contributed by atoms with Crippen molar-refractivity contribution in [1.29, 1.82) is 0 Å². The summed E-state index contributed by atoms with van der Waals surface area (Å²) in [6, 6.07) is 6.28. The fraction of sp³-hybridized carbons (Fsp3) is 0.611. The second kappa shape index (κ2) is 6.43. The molecule has 0 aliphatic heterocycles. The molecule has 0 bridgehead atoms. The molecule has 2 saturated carbocycles. The van der Waals surface area contributed by atoms with E-state index in [9.17, 15) is 13.2 Å². The maximum atomic E-state index is 12.9. The molecule has 1 aromatic carbocycles. The van der Waals surface area contributed by atoms with E-state index in [0.717, 1.165) is 31.9 Å². The van der Waals surface area contributed by atoms with Gasteiger partial charge in [-0.05, 0) is 30.5 Å². The number of hydrogen-bond donors (Lipinski definition) is 0. The lowest BCUT2D eigenvalue weighted by atomic mass is 9.87. The van der Waals surface area contributed by atoms with Crippen molar-refractivity contribution in [2.45, 2.75) is 47.3 Å². The van der Waals surface area contributed by atoms with Crippen LogP contribution in [0, 0.1) is 11.8 Å². The Morgan fingerprint density at radius 3 is 2.24 bits per heavy atom. The molecule has 3 rings (SSSR count). The molecule has 2 aliphatic rings. The maximum Gasteiger partial charge on any atom is 0.320 e. The quantitative estimate of drug-likeness (QED) is 0.551. The van der Waals surface area contributed by atoms with Crippen LogP contribution in [0.4, 0.5) is 0 Å². The molecule has 2 unspecified atom stereocenters. The highest BCUT2D eigenvalue weighted by molar-refractivity contribution is 7.90. The first-order valence-electron chi connectivity index (χ1n) is 8.53. The van der Waals surface area contributed by atoms with Gasteiger partial charge in [0.05, 0.1) is 11.5 Å². The summed E-state index contributed by atoms with van der Waals surface area (Å²) in [7, 11) is -3.32. The van der Waals surface area contributed by atoms with E-state index in [0.29, 0.717) is 5.56 Å². The minimum atomic E-state index is -3.32. The predicted molar refractivity (Wildman–Crippen MR) is 97.7 cm³/mol. The van der Waals surface area contributed by atoms with Crippen molar-refractivity contribution in [3.05, 3.63) is 29.8 Å². The highest BCUT2D eigenvalue weighted by Crippen LogP contribution is 2.74. The monoisotopic (exact) mass is 404 g/mol. The number of halogens is 2. The number of sulfone groups is 1. The van der Waals surface area contributed by atoms with E-state index in [4.69, 9.17) is 27.9 Å². The van der Waals surface area contributed by atoms with Gasteiger partial charge in [-0.25, -0.2) is 8.42 Å². The Kier molecular flexibility index (Phi) is 4.89. The number of carbonyl (C=O) groups excluding carboxylic acids is 1. The lowest BCUT2D eigenvalue weighted by Crippen LogP contribution is -2.30. The Morgan fingerprint density at radius 2 is 1.76 bits per heavy atom. The van der Waals surface area contributed by atoms with E-state index in [2.05, 4.69) is 0 Å². The summed E-state index contributed by atoms with van der Waals surface area (Å²) in [6.45, 7) is 1.98. The first-order chi connectivity index (χ1) is 11.7. The molecule has 2 fully saturated rings. The van der Waals surface area contributed by atoms with Gasteiger partial charge in [-0.15, -0.1) is 0 Å². The molecule has 0 amide bonds. The Morgan fingerprint density at radius 1 is 1.20 bits per heavy atom. The van der Waals surface area contributed by atoms with Crippen LogP contribution in [0.1, 0.15) is 38.2 Å². The summed E-state index contributed by atoms with van der Waals surface area (Å²) in [5, 5.41) is 0.